The van der Waals surface area contributed by atoms with Crippen LogP contribution >= 0.6 is 0 Å². The number of nitrogens with one attached hydrogen (secondary N) is 2. The second kappa shape index (κ2) is 14.2. The second-order valence-electron chi connectivity index (χ2n) is 11.1. The minimum absolute atomic E-state index is 0.0188. The smallest absolute Gasteiger partial charge is 0.317 e. The lowest BCUT2D eigenvalue weighted by molar-refractivity contribution is 0.0801. The molecular formula is C30H44N4O5S. The van der Waals surface area contributed by atoms with Crippen molar-refractivity contribution in [3.05, 3.63) is 54.1 Å². The van der Waals surface area contributed by atoms with Crippen molar-refractivity contribution in [2.75, 3.05) is 30.6 Å². The summed E-state index contributed by atoms with van der Waals surface area (Å²) in [5, 5.41) is 13.5. The Balaban J connectivity index is 1.26. The SMILES string of the molecule is CCCCN(C(=O)N[C@@H]1CCCC[C@H]1O)C1CCN(Cc2ccc(Oc3ccc(NS(C)(=O)=O)cc3)cc2)CC1. The minimum atomic E-state index is -3.31. The number of hydrogen-bond acceptors (Lipinski definition) is 6. The van der Waals surface area contributed by atoms with Gasteiger partial charge in [0.1, 0.15) is 11.5 Å². The van der Waals surface area contributed by atoms with E-state index in [1.165, 1.54) is 5.56 Å². The summed E-state index contributed by atoms with van der Waals surface area (Å²) in [6.07, 6.45) is 8.29. The number of piperidine rings is 1. The van der Waals surface area contributed by atoms with E-state index in [0.717, 1.165) is 83.8 Å². The summed E-state index contributed by atoms with van der Waals surface area (Å²) in [7, 11) is -3.31. The number of carbonyl (C=O) groups excluding carboxylic acids is 1. The van der Waals surface area contributed by atoms with E-state index in [1.54, 1.807) is 24.3 Å². The molecule has 2 fully saturated rings. The van der Waals surface area contributed by atoms with Crippen LogP contribution in [0.3, 0.4) is 0 Å². The zero-order chi connectivity index (χ0) is 28.5. The molecule has 2 atom stereocenters. The average molecular weight is 573 g/mol. The van der Waals surface area contributed by atoms with E-state index in [-0.39, 0.29) is 18.1 Å². The zero-order valence-electron chi connectivity index (χ0n) is 23.7. The van der Waals surface area contributed by atoms with Crippen LogP contribution in [0.1, 0.15) is 63.9 Å². The highest BCUT2D eigenvalue weighted by Crippen LogP contribution is 2.25. The van der Waals surface area contributed by atoms with Crippen molar-refractivity contribution in [2.45, 2.75) is 83.0 Å². The van der Waals surface area contributed by atoms with E-state index in [0.29, 0.717) is 17.2 Å². The Kier molecular flexibility index (Phi) is 10.7. The fraction of sp³-hybridized carbons (Fsp3) is 0.567. The van der Waals surface area contributed by atoms with Crippen LogP contribution in [0.5, 0.6) is 11.5 Å². The van der Waals surface area contributed by atoms with Crippen molar-refractivity contribution in [3.63, 3.8) is 0 Å². The fourth-order valence-corrected chi connectivity index (χ4v) is 6.12. The number of likely N-dealkylation sites (tertiary alicyclic amines) is 1. The van der Waals surface area contributed by atoms with Gasteiger partial charge in [0.2, 0.25) is 10.0 Å². The summed E-state index contributed by atoms with van der Waals surface area (Å²) in [6, 6.07) is 14.9. The topological polar surface area (TPSA) is 111 Å². The first-order valence-electron chi connectivity index (χ1n) is 14.5. The lowest BCUT2D eigenvalue weighted by Gasteiger charge is -2.40. The summed E-state index contributed by atoms with van der Waals surface area (Å²) in [6.45, 7) is 5.61. The Morgan fingerprint density at radius 3 is 2.23 bits per heavy atom. The summed E-state index contributed by atoms with van der Waals surface area (Å²) in [5.74, 6) is 1.34. The molecule has 2 aromatic carbocycles. The van der Waals surface area contributed by atoms with Gasteiger partial charge in [-0.2, -0.15) is 0 Å². The van der Waals surface area contributed by atoms with Crippen LogP contribution < -0.4 is 14.8 Å². The highest BCUT2D eigenvalue weighted by atomic mass is 32.2. The van der Waals surface area contributed by atoms with E-state index < -0.39 is 16.1 Å². The Morgan fingerprint density at radius 1 is 1.00 bits per heavy atom. The molecule has 0 unspecified atom stereocenters. The summed E-state index contributed by atoms with van der Waals surface area (Å²) in [5.41, 5.74) is 1.69. The first-order valence-corrected chi connectivity index (χ1v) is 16.4. The van der Waals surface area contributed by atoms with Gasteiger partial charge in [-0.25, -0.2) is 13.2 Å². The van der Waals surface area contributed by atoms with Gasteiger partial charge in [-0.1, -0.05) is 38.3 Å². The van der Waals surface area contributed by atoms with Crippen LogP contribution in [0.2, 0.25) is 0 Å². The summed E-state index contributed by atoms with van der Waals surface area (Å²) >= 11 is 0. The molecule has 2 amide bonds. The summed E-state index contributed by atoms with van der Waals surface area (Å²) in [4.78, 5) is 17.7. The van der Waals surface area contributed by atoms with Gasteiger partial charge in [-0.15, -0.1) is 0 Å². The van der Waals surface area contributed by atoms with Crippen molar-refractivity contribution in [1.82, 2.24) is 15.1 Å². The number of amides is 2. The molecule has 4 rings (SSSR count). The molecule has 1 aliphatic carbocycles. The highest BCUT2D eigenvalue weighted by Gasteiger charge is 2.31. The number of nitrogens with zero attached hydrogens (tertiary/aromatic N) is 2. The molecule has 1 heterocycles. The molecule has 1 aliphatic heterocycles. The fourth-order valence-electron chi connectivity index (χ4n) is 5.55. The Morgan fingerprint density at radius 2 is 1.62 bits per heavy atom. The molecule has 0 radical (unpaired) electrons. The standard InChI is InChI=1S/C30H44N4O5S/c1-3-4-19-34(30(36)31-28-7-5-6-8-29(28)35)25-17-20-33(21-18-25)22-23-9-13-26(14-10-23)39-27-15-11-24(12-16-27)32-40(2,37)38/h9-16,25,28-29,32,35H,3-8,17-22H2,1-2H3,(H,31,36)/t28-,29-/m1/s1. The largest absolute Gasteiger partial charge is 0.457 e. The van der Waals surface area contributed by atoms with E-state index in [4.69, 9.17) is 4.74 Å². The molecule has 1 saturated carbocycles. The van der Waals surface area contributed by atoms with Crippen LogP contribution in [-0.4, -0.2) is 73.4 Å². The number of unbranched alkanes of at least 4 members (excludes halogenated alkanes) is 1. The molecule has 2 aromatic rings. The molecule has 220 valence electrons. The van der Waals surface area contributed by atoms with Crippen LogP contribution in [0.15, 0.2) is 48.5 Å². The molecule has 3 N–H and O–H groups in total. The first kappa shape index (κ1) is 30.1. The molecular weight excluding hydrogens is 528 g/mol. The van der Waals surface area contributed by atoms with E-state index in [2.05, 4.69) is 34.0 Å². The van der Waals surface area contributed by atoms with Gasteiger partial charge < -0.3 is 20.1 Å². The van der Waals surface area contributed by atoms with Gasteiger partial charge in [0.15, 0.2) is 0 Å². The maximum atomic E-state index is 13.2. The molecule has 40 heavy (non-hydrogen) atoms. The number of hydrogen-bond donors (Lipinski definition) is 3. The van der Waals surface area contributed by atoms with Crippen molar-refractivity contribution < 1.29 is 23.1 Å². The molecule has 10 heteroatoms. The van der Waals surface area contributed by atoms with Gasteiger partial charge in [-0.05, 0) is 74.1 Å². The average Bonchev–Trinajstić information content (AvgIpc) is 2.92. The van der Waals surface area contributed by atoms with Crippen LogP contribution in [0.4, 0.5) is 10.5 Å². The van der Waals surface area contributed by atoms with Crippen LogP contribution in [-0.2, 0) is 16.6 Å². The number of rotatable bonds is 11. The number of benzene rings is 2. The van der Waals surface area contributed by atoms with Gasteiger partial charge in [0.05, 0.1) is 18.4 Å². The van der Waals surface area contributed by atoms with Crippen molar-refractivity contribution in [1.29, 1.82) is 0 Å². The number of ether oxygens (including phenoxy) is 1. The molecule has 2 aliphatic rings. The first-order chi connectivity index (χ1) is 19.2. The minimum Gasteiger partial charge on any atom is -0.457 e. The van der Waals surface area contributed by atoms with Crippen molar-refractivity contribution in [3.8, 4) is 11.5 Å². The molecule has 0 aromatic heterocycles. The molecule has 1 saturated heterocycles. The van der Waals surface area contributed by atoms with E-state index in [1.807, 2.05) is 17.0 Å². The molecule has 0 bridgehead atoms. The monoisotopic (exact) mass is 572 g/mol. The summed E-state index contributed by atoms with van der Waals surface area (Å²) < 4.78 is 31.1. The Labute approximate surface area is 238 Å². The predicted octanol–water partition coefficient (Wildman–Crippen LogP) is 4.93. The predicted molar refractivity (Wildman–Crippen MR) is 158 cm³/mol. The van der Waals surface area contributed by atoms with Gasteiger partial charge in [0, 0.05) is 37.9 Å². The third-order valence-electron chi connectivity index (χ3n) is 7.77. The lowest BCUT2D eigenvalue weighted by atomic mass is 9.92. The van der Waals surface area contributed by atoms with Gasteiger partial charge in [-0.3, -0.25) is 9.62 Å². The maximum Gasteiger partial charge on any atom is 0.317 e. The number of sulfonamides is 1. The Bertz CT molecular complexity index is 1180. The second-order valence-corrected chi connectivity index (χ2v) is 12.9. The van der Waals surface area contributed by atoms with Gasteiger partial charge in [0.25, 0.3) is 0 Å². The Hall–Kier alpha value is -2.82. The zero-order valence-corrected chi connectivity index (χ0v) is 24.5. The van der Waals surface area contributed by atoms with Crippen LogP contribution in [0, 0.1) is 0 Å². The molecule has 0 spiro atoms. The number of carbonyl (C=O) groups is 1. The third kappa shape index (κ3) is 9.11. The number of aliphatic hydroxyl groups is 1. The molecule has 9 nitrogen and oxygen atoms in total. The van der Waals surface area contributed by atoms with Crippen LogP contribution in [0.25, 0.3) is 0 Å². The highest BCUT2D eigenvalue weighted by molar-refractivity contribution is 7.92. The number of urea groups is 1. The quantitative estimate of drug-likeness (QED) is 0.352. The lowest BCUT2D eigenvalue weighted by Crippen LogP contribution is -2.55. The van der Waals surface area contributed by atoms with E-state index >= 15 is 0 Å². The number of anilines is 1. The third-order valence-corrected chi connectivity index (χ3v) is 8.38. The van der Waals surface area contributed by atoms with Gasteiger partial charge >= 0.3 is 6.03 Å². The van der Waals surface area contributed by atoms with E-state index in [9.17, 15) is 18.3 Å². The number of aliphatic hydroxyl groups excluding tert-OH is 1. The normalized spacial score (nSPS) is 20.6. The van der Waals surface area contributed by atoms with Crippen molar-refractivity contribution >= 4 is 21.7 Å². The maximum absolute atomic E-state index is 13.2. The van der Waals surface area contributed by atoms with Crippen molar-refractivity contribution in [2.24, 2.45) is 0 Å².